The van der Waals surface area contributed by atoms with Gasteiger partial charge in [0.2, 0.25) is 5.95 Å². The second kappa shape index (κ2) is 5.20. The number of anilines is 2. The number of rotatable bonds is 3. The van der Waals surface area contributed by atoms with Crippen LogP contribution in [0.25, 0.3) is 11.2 Å². The summed E-state index contributed by atoms with van der Waals surface area (Å²) in [6, 6.07) is 0. The Hall–Kier alpha value is -2.37. The van der Waals surface area contributed by atoms with Gasteiger partial charge in [-0.1, -0.05) is 5.92 Å². The fourth-order valence-corrected chi connectivity index (χ4v) is 2.57. The van der Waals surface area contributed by atoms with Crippen molar-refractivity contribution in [1.29, 1.82) is 0 Å². The highest BCUT2D eigenvalue weighted by molar-refractivity contribution is 5.84. The third-order valence-electron chi connectivity index (χ3n) is 3.56. The summed E-state index contributed by atoms with van der Waals surface area (Å²) in [7, 11) is 1.73. The molecule has 1 fully saturated rings. The first-order chi connectivity index (χ1) is 10.2. The number of fused-ring (bicyclic) bond motifs is 1. The van der Waals surface area contributed by atoms with Gasteiger partial charge in [0, 0.05) is 7.05 Å². The molecule has 0 bridgehead atoms. The third kappa shape index (κ3) is 2.16. The maximum absolute atomic E-state index is 9.26. The quantitative estimate of drug-likeness (QED) is 0.680. The van der Waals surface area contributed by atoms with Gasteiger partial charge in [0.05, 0.1) is 25.0 Å². The van der Waals surface area contributed by atoms with E-state index in [-0.39, 0.29) is 24.6 Å². The highest BCUT2D eigenvalue weighted by atomic mass is 16.5. The number of nitrogens with one attached hydrogen (secondary N) is 1. The van der Waals surface area contributed by atoms with E-state index in [4.69, 9.17) is 16.9 Å². The molecule has 3 rings (SSSR count). The van der Waals surface area contributed by atoms with Crippen molar-refractivity contribution >= 4 is 22.9 Å². The molecule has 0 radical (unpaired) electrons. The number of nitrogens with zero attached hydrogens (tertiary/aromatic N) is 4. The van der Waals surface area contributed by atoms with Gasteiger partial charge < -0.3 is 20.9 Å². The van der Waals surface area contributed by atoms with Crippen molar-refractivity contribution in [2.45, 2.75) is 18.8 Å². The Bertz CT molecular complexity index is 706. The highest BCUT2D eigenvalue weighted by Crippen LogP contribution is 2.36. The monoisotopic (exact) mass is 288 g/mol. The first-order valence-electron chi connectivity index (χ1n) is 6.58. The van der Waals surface area contributed by atoms with Gasteiger partial charge in [0.15, 0.2) is 23.2 Å². The molecule has 3 atom stereocenters. The summed E-state index contributed by atoms with van der Waals surface area (Å²) in [6.45, 7) is -0.0692. The van der Waals surface area contributed by atoms with E-state index in [2.05, 4.69) is 26.2 Å². The molecular formula is C13H16N6O2. The van der Waals surface area contributed by atoms with Crippen LogP contribution in [0.4, 0.5) is 11.8 Å². The van der Waals surface area contributed by atoms with E-state index in [1.54, 1.807) is 17.9 Å². The van der Waals surface area contributed by atoms with Gasteiger partial charge in [-0.05, 0) is 6.42 Å². The lowest BCUT2D eigenvalue weighted by atomic mass is 10.0. The Labute approximate surface area is 121 Å². The van der Waals surface area contributed by atoms with E-state index in [1.807, 2.05) is 0 Å². The molecule has 0 amide bonds. The molecule has 2 aromatic heterocycles. The average Bonchev–Trinajstić information content (AvgIpc) is 3.08. The fourth-order valence-electron chi connectivity index (χ4n) is 2.57. The maximum atomic E-state index is 9.26. The molecule has 4 N–H and O–H groups in total. The van der Waals surface area contributed by atoms with Crippen LogP contribution in [0.15, 0.2) is 6.33 Å². The average molecular weight is 288 g/mol. The van der Waals surface area contributed by atoms with Crippen LogP contribution in [0.5, 0.6) is 0 Å². The Morgan fingerprint density at radius 1 is 1.62 bits per heavy atom. The molecule has 8 nitrogen and oxygen atoms in total. The minimum Gasteiger partial charge on any atom is -0.394 e. The van der Waals surface area contributed by atoms with E-state index < -0.39 is 6.23 Å². The van der Waals surface area contributed by atoms with Gasteiger partial charge in [0.25, 0.3) is 0 Å². The van der Waals surface area contributed by atoms with Crippen molar-refractivity contribution in [2.75, 3.05) is 24.7 Å². The number of aliphatic hydroxyl groups excluding tert-OH is 1. The third-order valence-corrected chi connectivity index (χ3v) is 3.56. The summed E-state index contributed by atoms with van der Waals surface area (Å²) in [5.41, 5.74) is 6.87. The topological polar surface area (TPSA) is 111 Å². The summed E-state index contributed by atoms with van der Waals surface area (Å²) in [5, 5.41) is 12.2. The second-order valence-electron chi connectivity index (χ2n) is 4.84. The molecule has 2 aromatic rings. The molecule has 1 aliphatic rings. The lowest BCUT2D eigenvalue weighted by Crippen LogP contribution is -2.16. The van der Waals surface area contributed by atoms with Gasteiger partial charge in [0.1, 0.15) is 0 Å². The van der Waals surface area contributed by atoms with E-state index in [0.29, 0.717) is 23.4 Å². The summed E-state index contributed by atoms with van der Waals surface area (Å²) in [4.78, 5) is 12.6. The number of aliphatic hydroxyl groups is 1. The van der Waals surface area contributed by atoms with Gasteiger partial charge in [-0.3, -0.25) is 4.57 Å². The molecule has 1 aliphatic heterocycles. The smallest absolute Gasteiger partial charge is 0.224 e. The number of ether oxygens (including phenoxy) is 1. The van der Waals surface area contributed by atoms with Crippen LogP contribution in [0.3, 0.4) is 0 Å². The first kappa shape index (κ1) is 13.6. The van der Waals surface area contributed by atoms with Gasteiger partial charge >= 0.3 is 0 Å². The molecular weight excluding hydrogens is 272 g/mol. The number of hydrogen-bond acceptors (Lipinski definition) is 7. The SMILES string of the molecule is C#CC1CC(CO)OC1n1cnc2c(NC)nc(N)nc21. The number of nitrogens with two attached hydrogens (primary N) is 1. The molecule has 21 heavy (non-hydrogen) atoms. The molecule has 0 aliphatic carbocycles. The fraction of sp³-hybridized carbons (Fsp3) is 0.462. The number of hydrogen-bond donors (Lipinski definition) is 3. The van der Waals surface area contributed by atoms with Crippen LogP contribution < -0.4 is 11.1 Å². The van der Waals surface area contributed by atoms with Crippen LogP contribution in [0, 0.1) is 18.3 Å². The zero-order valence-electron chi connectivity index (χ0n) is 11.5. The Balaban J connectivity index is 2.09. The largest absolute Gasteiger partial charge is 0.394 e. The van der Waals surface area contributed by atoms with Crippen molar-refractivity contribution in [3.8, 4) is 12.3 Å². The number of terminal acetylenes is 1. The van der Waals surface area contributed by atoms with Gasteiger partial charge in [-0.2, -0.15) is 9.97 Å². The highest BCUT2D eigenvalue weighted by Gasteiger charge is 2.36. The Morgan fingerprint density at radius 2 is 2.43 bits per heavy atom. The second-order valence-corrected chi connectivity index (χ2v) is 4.84. The predicted octanol–water partition coefficient (Wildman–Crippen LogP) is -0.0206. The molecule has 3 unspecified atom stereocenters. The zero-order valence-corrected chi connectivity index (χ0v) is 11.5. The van der Waals surface area contributed by atoms with Crippen molar-refractivity contribution in [3.05, 3.63) is 6.33 Å². The standard InChI is InChI=1S/C13H16N6O2/c1-3-7-4-8(5-20)21-12(7)19-6-16-9-10(15-2)17-13(14)18-11(9)19/h1,6-8,12,20H,4-5H2,2H3,(H3,14,15,17,18). The van der Waals surface area contributed by atoms with E-state index in [1.165, 1.54) is 0 Å². The van der Waals surface area contributed by atoms with Crippen LogP contribution in [0.1, 0.15) is 12.6 Å². The first-order valence-corrected chi connectivity index (χ1v) is 6.58. The van der Waals surface area contributed by atoms with E-state index in [9.17, 15) is 5.11 Å². The van der Waals surface area contributed by atoms with E-state index >= 15 is 0 Å². The van der Waals surface area contributed by atoms with Gasteiger partial charge in [-0.25, -0.2) is 4.98 Å². The summed E-state index contributed by atoms with van der Waals surface area (Å²) in [6.07, 6.45) is 7.06. The minimum absolute atomic E-state index is 0.0692. The number of imidazole rings is 1. The van der Waals surface area contributed by atoms with Gasteiger partial charge in [-0.15, -0.1) is 6.42 Å². The minimum atomic E-state index is -0.420. The lowest BCUT2D eigenvalue weighted by Gasteiger charge is -2.16. The maximum Gasteiger partial charge on any atom is 0.224 e. The molecule has 0 aromatic carbocycles. The normalized spacial score (nSPS) is 25.1. The summed E-state index contributed by atoms with van der Waals surface area (Å²) < 4.78 is 7.53. The van der Waals surface area contributed by atoms with E-state index in [0.717, 1.165) is 0 Å². The predicted molar refractivity (Wildman–Crippen MR) is 77.2 cm³/mol. The lowest BCUT2D eigenvalue weighted by molar-refractivity contribution is -0.0262. The van der Waals surface area contributed by atoms with Crippen molar-refractivity contribution in [3.63, 3.8) is 0 Å². The van der Waals surface area contributed by atoms with Crippen molar-refractivity contribution < 1.29 is 9.84 Å². The zero-order chi connectivity index (χ0) is 15.0. The number of nitrogen functional groups attached to an aromatic ring is 1. The van der Waals surface area contributed by atoms with Crippen LogP contribution in [-0.2, 0) is 4.74 Å². The van der Waals surface area contributed by atoms with Crippen LogP contribution in [0.2, 0.25) is 0 Å². The summed E-state index contributed by atoms with van der Waals surface area (Å²) in [5.74, 6) is 3.23. The van der Waals surface area contributed by atoms with Crippen molar-refractivity contribution in [1.82, 2.24) is 19.5 Å². The summed E-state index contributed by atoms with van der Waals surface area (Å²) >= 11 is 0. The molecule has 0 spiro atoms. The molecule has 1 saturated heterocycles. The molecule has 8 heteroatoms. The van der Waals surface area contributed by atoms with Crippen LogP contribution in [-0.4, -0.2) is 44.4 Å². The molecule has 0 saturated carbocycles. The molecule has 3 heterocycles. The van der Waals surface area contributed by atoms with Crippen LogP contribution >= 0.6 is 0 Å². The Morgan fingerprint density at radius 3 is 3.10 bits per heavy atom. The molecule has 110 valence electrons. The number of aromatic nitrogens is 4. The van der Waals surface area contributed by atoms with Crippen molar-refractivity contribution in [2.24, 2.45) is 5.92 Å². The Kier molecular flexibility index (Phi) is 3.37.